The Morgan fingerprint density at radius 2 is 1.79 bits per heavy atom. The molecular formula is C20H17N5O3. The molecule has 0 saturated carbocycles. The average Bonchev–Trinajstić information content (AvgIpc) is 2.71. The molecule has 3 aromatic rings. The first-order valence-corrected chi connectivity index (χ1v) is 8.75. The summed E-state index contributed by atoms with van der Waals surface area (Å²) >= 11 is 0. The van der Waals surface area contributed by atoms with Crippen molar-refractivity contribution in [3.63, 3.8) is 0 Å². The highest BCUT2D eigenvalue weighted by Gasteiger charge is 2.27. The first kappa shape index (κ1) is 17.6. The van der Waals surface area contributed by atoms with Gasteiger partial charge in [0.15, 0.2) is 11.6 Å². The molecule has 0 bridgehead atoms. The number of benzene rings is 2. The molecule has 8 nitrogen and oxygen atoms in total. The summed E-state index contributed by atoms with van der Waals surface area (Å²) in [6, 6.07) is 13.7. The molecule has 0 radical (unpaired) electrons. The Morgan fingerprint density at radius 1 is 1.07 bits per heavy atom. The van der Waals surface area contributed by atoms with Gasteiger partial charge in [-0.05, 0) is 23.8 Å². The van der Waals surface area contributed by atoms with Crippen molar-refractivity contribution in [2.75, 3.05) is 29.9 Å². The third kappa shape index (κ3) is 3.27. The van der Waals surface area contributed by atoms with Crippen LogP contribution in [0.5, 0.6) is 0 Å². The van der Waals surface area contributed by atoms with Crippen LogP contribution in [0.25, 0.3) is 17.1 Å². The van der Waals surface area contributed by atoms with Gasteiger partial charge in [-0.3, -0.25) is 19.8 Å². The van der Waals surface area contributed by atoms with E-state index in [2.05, 4.69) is 9.97 Å². The van der Waals surface area contributed by atoms with E-state index in [9.17, 15) is 14.9 Å². The summed E-state index contributed by atoms with van der Waals surface area (Å²) in [7, 11) is 1.92. The molecule has 8 heteroatoms. The largest absolute Gasteiger partial charge is 0.355 e. The summed E-state index contributed by atoms with van der Waals surface area (Å²) in [5.41, 5.74) is 2.06. The van der Waals surface area contributed by atoms with Crippen LogP contribution in [0.15, 0.2) is 54.6 Å². The Kier molecular flexibility index (Phi) is 4.44. The van der Waals surface area contributed by atoms with Gasteiger partial charge in [-0.1, -0.05) is 24.3 Å². The Bertz CT molecular complexity index is 1110. The molecule has 0 fully saturated rings. The van der Waals surface area contributed by atoms with Gasteiger partial charge >= 0.3 is 0 Å². The molecule has 0 unspecified atom stereocenters. The third-order valence-corrected chi connectivity index (χ3v) is 4.58. The zero-order valence-corrected chi connectivity index (χ0v) is 15.1. The van der Waals surface area contributed by atoms with E-state index >= 15 is 0 Å². The number of carbonyl (C=O) groups excluding carboxylic acids is 1. The van der Waals surface area contributed by atoms with E-state index in [4.69, 9.17) is 0 Å². The number of nitrogens with zero attached hydrogens (tertiary/aromatic N) is 5. The van der Waals surface area contributed by atoms with Crippen LogP contribution in [0, 0.1) is 10.1 Å². The number of fused-ring (bicyclic) bond motifs is 2. The van der Waals surface area contributed by atoms with Crippen LogP contribution in [0.3, 0.4) is 0 Å². The van der Waals surface area contributed by atoms with Gasteiger partial charge < -0.3 is 4.90 Å². The summed E-state index contributed by atoms with van der Waals surface area (Å²) in [5, 5.41) is 10.9. The topological polar surface area (TPSA) is 92.5 Å². The maximum atomic E-state index is 12.8. The van der Waals surface area contributed by atoms with Crippen LogP contribution >= 0.6 is 0 Å². The minimum Gasteiger partial charge on any atom is -0.355 e. The molecule has 0 N–H and O–H groups in total. The highest BCUT2D eigenvalue weighted by molar-refractivity contribution is 6.05. The number of amides is 1. The van der Waals surface area contributed by atoms with Gasteiger partial charge in [-0.15, -0.1) is 0 Å². The van der Waals surface area contributed by atoms with Crippen molar-refractivity contribution in [2.45, 2.75) is 0 Å². The minimum atomic E-state index is -0.462. The van der Waals surface area contributed by atoms with E-state index < -0.39 is 4.92 Å². The highest BCUT2D eigenvalue weighted by atomic mass is 16.6. The minimum absolute atomic E-state index is 0.0168. The fourth-order valence-electron chi connectivity index (χ4n) is 3.09. The molecule has 2 heterocycles. The van der Waals surface area contributed by atoms with Crippen molar-refractivity contribution in [3.8, 4) is 0 Å². The first-order valence-electron chi connectivity index (χ1n) is 8.75. The normalized spacial score (nSPS) is 13.8. The van der Waals surface area contributed by atoms with Gasteiger partial charge in [0, 0.05) is 38.3 Å². The van der Waals surface area contributed by atoms with Crippen LogP contribution in [0.1, 0.15) is 5.56 Å². The van der Waals surface area contributed by atoms with E-state index in [1.807, 2.05) is 36.2 Å². The monoisotopic (exact) mass is 375 g/mol. The number of para-hydroxylation sites is 2. The average molecular weight is 375 g/mol. The predicted molar refractivity (Wildman–Crippen MR) is 107 cm³/mol. The van der Waals surface area contributed by atoms with Crippen LogP contribution < -0.4 is 9.80 Å². The maximum Gasteiger partial charge on any atom is 0.270 e. The Morgan fingerprint density at radius 3 is 2.50 bits per heavy atom. The van der Waals surface area contributed by atoms with Crippen LogP contribution in [-0.2, 0) is 4.79 Å². The van der Waals surface area contributed by atoms with E-state index in [0.717, 1.165) is 11.0 Å². The molecule has 1 aromatic heterocycles. The van der Waals surface area contributed by atoms with Crippen molar-refractivity contribution in [3.05, 3.63) is 70.3 Å². The number of likely N-dealkylation sites (N-methyl/N-ethyl adjacent to an activating group) is 1. The Hall–Kier alpha value is -3.81. The summed E-state index contributed by atoms with van der Waals surface area (Å²) in [5.74, 6) is 0.925. The number of anilines is 2. The number of carbonyl (C=O) groups is 1. The number of hydrogen-bond acceptors (Lipinski definition) is 6. The second-order valence-electron chi connectivity index (χ2n) is 6.46. The number of non-ortho nitro benzene ring substituents is 1. The van der Waals surface area contributed by atoms with Gasteiger partial charge in [0.25, 0.3) is 11.6 Å². The van der Waals surface area contributed by atoms with E-state index in [0.29, 0.717) is 30.3 Å². The van der Waals surface area contributed by atoms with E-state index in [1.165, 1.54) is 18.2 Å². The van der Waals surface area contributed by atoms with Crippen LogP contribution in [0.2, 0.25) is 0 Å². The van der Waals surface area contributed by atoms with Gasteiger partial charge in [-0.2, -0.15) is 0 Å². The molecule has 0 aliphatic carbocycles. The fraction of sp³-hybridized carbons (Fsp3) is 0.150. The summed E-state index contributed by atoms with van der Waals surface area (Å²) in [6.45, 7) is 1.12. The first-order chi connectivity index (χ1) is 13.5. The van der Waals surface area contributed by atoms with Crippen molar-refractivity contribution in [2.24, 2.45) is 0 Å². The lowest BCUT2D eigenvalue weighted by molar-refractivity contribution is -0.384. The van der Waals surface area contributed by atoms with Gasteiger partial charge in [0.05, 0.1) is 16.0 Å². The molecule has 1 aliphatic heterocycles. The third-order valence-electron chi connectivity index (χ3n) is 4.58. The smallest absolute Gasteiger partial charge is 0.270 e. The lowest BCUT2D eigenvalue weighted by Gasteiger charge is -2.33. The predicted octanol–water partition coefficient (Wildman–Crippen LogP) is 3.03. The zero-order chi connectivity index (χ0) is 19.7. The summed E-state index contributed by atoms with van der Waals surface area (Å²) in [6.07, 6.45) is 2.98. The second-order valence-corrected chi connectivity index (χ2v) is 6.46. The quantitative estimate of drug-likeness (QED) is 0.397. The second kappa shape index (κ2) is 7.07. The van der Waals surface area contributed by atoms with E-state index in [-0.39, 0.29) is 11.6 Å². The molecule has 0 spiro atoms. The SMILES string of the molecule is CN1CCN(C(=O)/C=C/c2cccc([N+](=O)[O-])c2)c2nc3ccccc3nc21. The summed E-state index contributed by atoms with van der Waals surface area (Å²) < 4.78 is 0. The van der Waals surface area contributed by atoms with E-state index in [1.54, 1.807) is 23.1 Å². The van der Waals surface area contributed by atoms with Crippen molar-refractivity contribution in [1.82, 2.24) is 9.97 Å². The molecule has 2 aromatic carbocycles. The van der Waals surface area contributed by atoms with Gasteiger partial charge in [0.1, 0.15) is 0 Å². The molecular weight excluding hydrogens is 358 g/mol. The highest BCUT2D eigenvalue weighted by Crippen LogP contribution is 2.30. The number of hydrogen-bond donors (Lipinski definition) is 0. The number of nitro groups is 1. The molecule has 140 valence electrons. The van der Waals surface area contributed by atoms with Crippen LogP contribution in [0.4, 0.5) is 17.3 Å². The van der Waals surface area contributed by atoms with Crippen molar-refractivity contribution < 1.29 is 9.72 Å². The Balaban J connectivity index is 1.66. The molecule has 4 rings (SSSR count). The number of nitro benzene ring substituents is 1. The molecule has 28 heavy (non-hydrogen) atoms. The molecule has 1 aliphatic rings. The summed E-state index contributed by atoms with van der Waals surface area (Å²) in [4.78, 5) is 36.1. The van der Waals surface area contributed by atoms with Crippen molar-refractivity contribution >= 4 is 40.3 Å². The fourth-order valence-corrected chi connectivity index (χ4v) is 3.09. The van der Waals surface area contributed by atoms with Gasteiger partial charge in [0.2, 0.25) is 0 Å². The molecule has 0 atom stereocenters. The van der Waals surface area contributed by atoms with Gasteiger partial charge in [-0.25, -0.2) is 9.97 Å². The lowest BCUT2D eigenvalue weighted by atomic mass is 10.2. The molecule has 0 saturated heterocycles. The zero-order valence-electron chi connectivity index (χ0n) is 15.1. The number of rotatable bonds is 3. The van der Waals surface area contributed by atoms with Crippen molar-refractivity contribution in [1.29, 1.82) is 0 Å². The lowest BCUT2D eigenvalue weighted by Crippen LogP contribution is -2.43. The molecule has 1 amide bonds. The van der Waals surface area contributed by atoms with Crippen LogP contribution in [-0.4, -0.2) is 40.9 Å². The number of aromatic nitrogens is 2. The standard InChI is InChI=1S/C20H17N5O3/c1-23-11-12-24(20-19(23)21-16-7-2-3-8-17(16)22-20)18(26)10-9-14-5-4-6-15(13-14)25(27)28/h2-10,13H,11-12H2,1H3/b10-9+. The maximum absolute atomic E-state index is 12.8. The Labute approximate surface area is 160 Å².